The first-order valence-corrected chi connectivity index (χ1v) is 11.9. The number of amides is 1. The molecule has 1 aliphatic rings. The van der Waals surface area contributed by atoms with Crippen LogP contribution in [0.15, 0.2) is 107 Å². The minimum Gasteiger partial charge on any atom is -0.487 e. The molecule has 8 heteroatoms. The van der Waals surface area contributed by atoms with Crippen molar-refractivity contribution in [3.05, 3.63) is 119 Å². The van der Waals surface area contributed by atoms with E-state index in [0.717, 1.165) is 34.5 Å². The van der Waals surface area contributed by atoms with Gasteiger partial charge in [-0.25, -0.2) is 0 Å². The molecule has 0 aromatic heterocycles. The van der Waals surface area contributed by atoms with Crippen LogP contribution in [0.2, 0.25) is 0 Å². The number of benzene rings is 4. The smallest absolute Gasteiger partial charge is 0.487 e. The summed E-state index contributed by atoms with van der Waals surface area (Å²) < 4.78 is 6.25. The third-order valence-corrected chi connectivity index (χ3v) is 5.96. The van der Waals surface area contributed by atoms with Gasteiger partial charge in [-0.1, -0.05) is 66.7 Å². The van der Waals surface area contributed by atoms with E-state index in [4.69, 9.17) is 14.6 Å². The van der Waals surface area contributed by atoms with Crippen molar-refractivity contribution in [1.29, 1.82) is 0 Å². The van der Waals surface area contributed by atoms with Crippen molar-refractivity contribution >= 4 is 51.0 Å². The van der Waals surface area contributed by atoms with Gasteiger partial charge in [0.05, 0.1) is 0 Å². The summed E-state index contributed by atoms with van der Waals surface area (Å²) in [6.07, 6.45) is 0. The summed E-state index contributed by atoms with van der Waals surface area (Å²) >= 11 is 1.29. The van der Waals surface area contributed by atoms with Crippen LogP contribution in [0.25, 0.3) is 16.5 Å². The number of amidine groups is 1. The first kappa shape index (κ1) is 28.2. The molecule has 5 rings (SSSR count). The van der Waals surface area contributed by atoms with Crippen LogP contribution in [-0.2, 0) is 20.9 Å². The number of fused-ring (bicyclic) bond motifs is 1. The maximum Gasteiger partial charge on any atom is 1.00 e. The third kappa shape index (κ3) is 8.06. The quantitative estimate of drug-likeness (QED) is 0.183. The van der Waals surface area contributed by atoms with Crippen molar-refractivity contribution in [3.8, 4) is 0 Å². The van der Waals surface area contributed by atoms with E-state index >= 15 is 0 Å². The zero-order valence-electron chi connectivity index (χ0n) is 20.5. The van der Waals surface area contributed by atoms with Gasteiger partial charge < -0.3 is 15.2 Å². The van der Waals surface area contributed by atoms with E-state index in [0.29, 0.717) is 22.4 Å². The zero-order chi connectivity index (χ0) is 25.3. The molecule has 1 heterocycles. The number of carboxylic acid groups (broad SMARTS) is 1. The molecule has 0 unspecified atom stereocenters. The first-order valence-electron chi connectivity index (χ1n) is 11.1. The molecule has 0 spiro atoms. The molecule has 180 valence electrons. The summed E-state index contributed by atoms with van der Waals surface area (Å²) in [6.45, 7) is 1.45. The molecule has 1 saturated heterocycles. The van der Waals surface area contributed by atoms with Crippen LogP contribution in [0.1, 0.15) is 18.1 Å². The van der Waals surface area contributed by atoms with Gasteiger partial charge >= 0.3 is 29.6 Å². The van der Waals surface area contributed by atoms with Crippen LogP contribution in [-0.4, -0.2) is 22.2 Å². The number of carbonyl (C=O) groups excluding carboxylic acids is 1. The molecule has 37 heavy (non-hydrogen) atoms. The summed E-state index contributed by atoms with van der Waals surface area (Å²) in [5, 5.41) is 13.0. The minimum atomic E-state index is -0.833. The van der Waals surface area contributed by atoms with Gasteiger partial charge in [0.25, 0.3) is 11.9 Å². The number of carbonyl (C=O) groups is 2. The fourth-order valence-corrected chi connectivity index (χ4v) is 4.33. The average Bonchev–Trinajstić information content (AvgIpc) is 3.24. The maximum atomic E-state index is 12.9. The van der Waals surface area contributed by atoms with Gasteiger partial charge in [-0.2, -0.15) is 18.2 Å². The van der Waals surface area contributed by atoms with Crippen LogP contribution >= 0.6 is 11.8 Å². The molecule has 6 nitrogen and oxygen atoms in total. The second-order valence-corrected chi connectivity index (χ2v) is 8.74. The fourth-order valence-electron chi connectivity index (χ4n) is 3.43. The fraction of sp³-hybridized carbons (Fsp3) is 0.0690. The van der Waals surface area contributed by atoms with E-state index in [1.54, 1.807) is 12.1 Å². The first-order chi connectivity index (χ1) is 17.5. The molecule has 1 fully saturated rings. The van der Waals surface area contributed by atoms with E-state index in [1.165, 1.54) is 11.8 Å². The predicted molar refractivity (Wildman–Crippen MR) is 144 cm³/mol. The minimum absolute atomic E-state index is 0. The Bertz CT molecular complexity index is 1440. The molecular weight excluding hydrogens is 495 g/mol. The van der Waals surface area contributed by atoms with Gasteiger partial charge in [0.15, 0.2) is 5.17 Å². The molecule has 2 N–H and O–H groups in total. The number of nitrogens with one attached hydrogen (secondary N) is 1. The molecule has 0 radical (unpaired) electrons. The Balaban J connectivity index is 0.000000711. The van der Waals surface area contributed by atoms with Gasteiger partial charge in [-0.3, -0.25) is 14.6 Å². The summed E-state index contributed by atoms with van der Waals surface area (Å²) in [4.78, 5) is 26.9. The normalized spacial score (nSPS) is 14.7. The number of hydrogen-bond donors (Lipinski definition) is 2. The van der Waals surface area contributed by atoms with Crippen molar-refractivity contribution in [3.63, 3.8) is 0 Å². The molecule has 0 bridgehead atoms. The van der Waals surface area contributed by atoms with E-state index in [2.05, 4.69) is 34.6 Å². The Labute approximate surface area is 241 Å². The van der Waals surface area contributed by atoms with E-state index < -0.39 is 5.97 Å². The largest absolute Gasteiger partial charge is 1.00 e. The number of ether oxygens (including phenoxy) is 1. The monoisotopic (exact) mass is 518 g/mol. The molecule has 1 aliphatic heterocycles. The van der Waals surface area contributed by atoms with Gasteiger partial charge in [0.1, 0.15) is 17.3 Å². The van der Waals surface area contributed by atoms with E-state index in [1.807, 2.05) is 66.7 Å². The number of carboxylic acids is 1. The number of nitrogens with zero attached hydrogens (tertiary/aromatic N) is 1. The number of aliphatic carboxylic acids is 1. The third-order valence-electron chi connectivity index (χ3n) is 5.00. The summed E-state index contributed by atoms with van der Waals surface area (Å²) in [7, 11) is 0. The van der Waals surface area contributed by atoms with Crippen LogP contribution in [0.3, 0.4) is 0 Å². The zero-order valence-corrected chi connectivity index (χ0v) is 23.3. The van der Waals surface area contributed by atoms with Crippen molar-refractivity contribution in [1.82, 2.24) is 5.32 Å². The number of thioether (sulfide) groups is 1. The molecule has 4 aromatic rings. The summed E-state index contributed by atoms with van der Waals surface area (Å²) in [5.74, 6) is -0.499. The number of rotatable bonds is 5. The van der Waals surface area contributed by atoms with Gasteiger partial charge in [-0.05, 0) is 39.9 Å². The molecule has 0 aliphatic carbocycles. The Hall–Kier alpha value is -3.36. The molecule has 1 amide bonds. The van der Waals surface area contributed by atoms with E-state index in [-0.39, 0.29) is 35.5 Å². The topological polar surface area (TPSA) is 88.0 Å². The Morgan fingerprint density at radius 1 is 0.973 bits per heavy atom. The number of aliphatic imine (C=N–C) groups is 1. The van der Waals surface area contributed by atoms with Crippen LogP contribution in [0, 0.1) is 6.07 Å². The Morgan fingerprint density at radius 2 is 1.62 bits per heavy atom. The standard InChI is InChI=1S/C27H19N2O2S.C2H4O2.Na/c30-26-25(32-27(29-26)28-23-13-5-2-6-14-23)24(31-18-19-9-3-1-4-10-19)22-16-15-20-11-7-8-12-21(20)17-22;1-2(3)4;/h1,3-17H,18H2,(H,28,29,30);1H3,(H,3,4);/q-1;;+1/b25-24+;;. The SMILES string of the molecule is CC(=O)O.O=C1NC(=Nc2cc[c-]cc2)S/C1=C(/OCc1ccccc1)c1ccc2ccccc2c1.[Na+]. The van der Waals surface area contributed by atoms with Gasteiger partial charge in [0, 0.05) is 12.5 Å². The predicted octanol–water partition coefficient (Wildman–Crippen LogP) is 3.17. The molecule has 4 aromatic carbocycles. The van der Waals surface area contributed by atoms with Crippen LogP contribution in [0.4, 0.5) is 5.69 Å². The molecular formula is C29H23N2NaO4S. The molecule has 0 saturated carbocycles. The summed E-state index contributed by atoms with van der Waals surface area (Å²) in [6, 6.07) is 34.4. The second kappa shape index (κ2) is 13.8. The van der Waals surface area contributed by atoms with Crippen molar-refractivity contribution in [2.45, 2.75) is 13.5 Å². The Kier molecular flexibility index (Phi) is 10.5. The van der Waals surface area contributed by atoms with Crippen molar-refractivity contribution in [2.75, 3.05) is 0 Å². The van der Waals surface area contributed by atoms with E-state index in [9.17, 15) is 4.79 Å². The maximum absolute atomic E-state index is 12.9. The van der Waals surface area contributed by atoms with Crippen LogP contribution < -0.4 is 34.9 Å². The number of hydrogen-bond acceptors (Lipinski definition) is 5. The second-order valence-electron chi connectivity index (χ2n) is 7.74. The summed E-state index contributed by atoms with van der Waals surface area (Å²) in [5.41, 5.74) is 2.64. The van der Waals surface area contributed by atoms with Crippen LogP contribution in [0.5, 0.6) is 0 Å². The van der Waals surface area contributed by atoms with Crippen molar-refractivity contribution in [2.24, 2.45) is 4.99 Å². The molecule has 0 atom stereocenters. The van der Waals surface area contributed by atoms with Gasteiger partial charge in [0.2, 0.25) is 0 Å². The Morgan fingerprint density at radius 3 is 2.32 bits per heavy atom. The average molecular weight is 519 g/mol. The van der Waals surface area contributed by atoms with Crippen molar-refractivity contribution < 1.29 is 49.0 Å². The van der Waals surface area contributed by atoms with Gasteiger partial charge in [-0.15, -0.1) is 12.1 Å².